The molecule has 3 aromatic heterocycles. The van der Waals surface area contributed by atoms with E-state index < -0.39 is 12.8 Å². The van der Waals surface area contributed by atoms with Gasteiger partial charge in [0, 0.05) is 24.2 Å². The standard InChI is InChI=1S/C16H12F3N5O2S/c1-24-6-9-5-8(3-4-10(9)23-24)11-13(25-2)21-12-14(20-11)27-15(22-12)26-7-16(17,18)19/h3-6H,7H2,1-2H3. The van der Waals surface area contributed by atoms with Crippen molar-refractivity contribution < 1.29 is 22.6 Å². The number of thiazole rings is 1. The summed E-state index contributed by atoms with van der Waals surface area (Å²) in [4.78, 5) is 13.0. The average Bonchev–Trinajstić information content (AvgIpc) is 3.18. The third-order valence-corrected chi connectivity index (χ3v) is 4.49. The van der Waals surface area contributed by atoms with Crippen LogP contribution in [0.5, 0.6) is 11.1 Å². The number of benzene rings is 1. The summed E-state index contributed by atoms with van der Waals surface area (Å²) in [6.45, 7) is -1.42. The first kappa shape index (κ1) is 17.5. The monoisotopic (exact) mass is 395 g/mol. The van der Waals surface area contributed by atoms with Crippen LogP contribution < -0.4 is 9.47 Å². The molecule has 0 N–H and O–H groups in total. The van der Waals surface area contributed by atoms with Crippen LogP contribution in [0, 0.1) is 0 Å². The van der Waals surface area contributed by atoms with Gasteiger partial charge in [-0.3, -0.25) is 4.68 Å². The lowest BCUT2D eigenvalue weighted by Crippen LogP contribution is -2.19. The van der Waals surface area contributed by atoms with Crippen molar-refractivity contribution in [2.75, 3.05) is 13.7 Å². The Morgan fingerprint density at radius 3 is 2.74 bits per heavy atom. The van der Waals surface area contributed by atoms with E-state index in [4.69, 9.17) is 4.74 Å². The zero-order chi connectivity index (χ0) is 19.2. The first-order chi connectivity index (χ1) is 12.8. The molecular weight excluding hydrogens is 383 g/mol. The highest BCUT2D eigenvalue weighted by molar-refractivity contribution is 7.19. The zero-order valence-electron chi connectivity index (χ0n) is 14.1. The van der Waals surface area contributed by atoms with Gasteiger partial charge in [-0.05, 0) is 12.1 Å². The van der Waals surface area contributed by atoms with E-state index in [9.17, 15) is 13.2 Å². The fraction of sp³-hybridized carbons (Fsp3) is 0.250. The molecule has 11 heteroatoms. The quantitative estimate of drug-likeness (QED) is 0.526. The average molecular weight is 395 g/mol. The van der Waals surface area contributed by atoms with Gasteiger partial charge in [-0.25, -0.2) is 4.98 Å². The Balaban J connectivity index is 1.76. The largest absolute Gasteiger partial charge is 0.479 e. The van der Waals surface area contributed by atoms with Crippen LogP contribution in [-0.4, -0.2) is 44.6 Å². The summed E-state index contributed by atoms with van der Waals surface area (Å²) in [7, 11) is 3.27. The molecule has 0 saturated heterocycles. The molecule has 0 saturated carbocycles. The Labute approximate surface area is 154 Å². The van der Waals surface area contributed by atoms with E-state index >= 15 is 0 Å². The van der Waals surface area contributed by atoms with E-state index in [1.54, 1.807) is 4.68 Å². The maximum absolute atomic E-state index is 12.3. The molecular formula is C16H12F3N5O2S. The molecule has 7 nitrogen and oxygen atoms in total. The number of hydrogen-bond acceptors (Lipinski definition) is 7. The lowest BCUT2D eigenvalue weighted by Gasteiger charge is -2.06. The van der Waals surface area contributed by atoms with Crippen LogP contribution in [0.25, 0.3) is 32.6 Å². The minimum Gasteiger partial charge on any atom is -0.479 e. The van der Waals surface area contributed by atoms with Crippen LogP contribution in [0.15, 0.2) is 24.4 Å². The SMILES string of the molecule is COc1nc2nc(OCC(F)(F)F)sc2nc1-c1ccc2nn(C)cc2c1. The third-order valence-electron chi connectivity index (χ3n) is 3.64. The van der Waals surface area contributed by atoms with Crippen LogP contribution in [-0.2, 0) is 7.05 Å². The highest BCUT2D eigenvalue weighted by Crippen LogP contribution is 2.34. The lowest BCUT2D eigenvalue weighted by atomic mass is 10.1. The van der Waals surface area contributed by atoms with Crippen molar-refractivity contribution in [3.8, 4) is 22.3 Å². The third kappa shape index (κ3) is 3.50. The van der Waals surface area contributed by atoms with Crippen molar-refractivity contribution in [1.29, 1.82) is 0 Å². The molecule has 0 fully saturated rings. The Morgan fingerprint density at radius 2 is 2.00 bits per heavy atom. The molecule has 3 heterocycles. The summed E-state index contributed by atoms with van der Waals surface area (Å²) >= 11 is 0.895. The van der Waals surface area contributed by atoms with Gasteiger partial charge in [0.1, 0.15) is 5.69 Å². The van der Waals surface area contributed by atoms with Crippen molar-refractivity contribution in [1.82, 2.24) is 24.7 Å². The fourth-order valence-electron chi connectivity index (χ4n) is 2.56. The van der Waals surface area contributed by atoms with Gasteiger partial charge in [-0.15, -0.1) is 0 Å². The minimum absolute atomic E-state index is 0.149. The summed E-state index contributed by atoms with van der Waals surface area (Å²) < 4.78 is 48.7. The van der Waals surface area contributed by atoms with E-state index in [0.717, 1.165) is 27.8 Å². The van der Waals surface area contributed by atoms with Gasteiger partial charge in [0.25, 0.3) is 5.19 Å². The van der Waals surface area contributed by atoms with Gasteiger partial charge < -0.3 is 9.47 Å². The molecule has 0 bridgehead atoms. The van der Waals surface area contributed by atoms with Crippen LogP contribution in [0.2, 0.25) is 0 Å². The van der Waals surface area contributed by atoms with Gasteiger partial charge in [0.05, 0.1) is 12.6 Å². The minimum atomic E-state index is -4.44. The van der Waals surface area contributed by atoms with Gasteiger partial charge in [-0.2, -0.15) is 28.2 Å². The molecule has 0 aliphatic rings. The first-order valence-corrected chi connectivity index (χ1v) is 8.50. The van der Waals surface area contributed by atoms with Crippen molar-refractivity contribution >= 4 is 32.7 Å². The summed E-state index contributed by atoms with van der Waals surface area (Å²) in [5.41, 5.74) is 2.20. The van der Waals surface area contributed by atoms with E-state index in [2.05, 4.69) is 24.8 Å². The molecule has 27 heavy (non-hydrogen) atoms. The van der Waals surface area contributed by atoms with Crippen LogP contribution in [0.4, 0.5) is 13.2 Å². The molecule has 1 aromatic carbocycles. The molecule has 0 aliphatic carbocycles. The van der Waals surface area contributed by atoms with Crippen molar-refractivity contribution in [3.05, 3.63) is 24.4 Å². The van der Waals surface area contributed by atoms with Crippen molar-refractivity contribution in [3.63, 3.8) is 0 Å². The maximum atomic E-state index is 12.3. The second-order valence-electron chi connectivity index (χ2n) is 5.67. The fourth-order valence-corrected chi connectivity index (χ4v) is 3.30. The number of ether oxygens (including phenoxy) is 2. The number of fused-ring (bicyclic) bond motifs is 2. The van der Waals surface area contributed by atoms with Crippen LogP contribution >= 0.6 is 11.3 Å². The topological polar surface area (TPSA) is 75.0 Å². The summed E-state index contributed by atoms with van der Waals surface area (Å²) in [5, 5.41) is 5.08. The predicted molar refractivity (Wildman–Crippen MR) is 93.0 cm³/mol. The molecule has 4 rings (SSSR count). The normalized spacial score (nSPS) is 12.0. The molecule has 0 unspecified atom stereocenters. The Hall–Kier alpha value is -2.95. The van der Waals surface area contributed by atoms with Crippen LogP contribution in [0.3, 0.4) is 0 Å². The molecule has 0 amide bonds. The van der Waals surface area contributed by atoms with E-state index in [-0.39, 0.29) is 16.7 Å². The first-order valence-electron chi connectivity index (χ1n) is 7.68. The number of methoxy groups -OCH3 is 1. The Kier molecular flexibility index (Phi) is 4.10. The van der Waals surface area contributed by atoms with Gasteiger partial charge in [-0.1, -0.05) is 17.4 Å². The number of aryl methyl sites for hydroxylation is 1. The van der Waals surface area contributed by atoms with E-state index in [1.807, 2.05) is 31.4 Å². The van der Waals surface area contributed by atoms with Gasteiger partial charge in [0.2, 0.25) is 5.88 Å². The number of aromatic nitrogens is 5. The highest BCUT2D eigenvalue weighted by atomic mass is 32.1. The summed E-state index contributed by atoms with van der Waals surface area (Å²) in [5.74, 6) is 0.221. The Morgan fingerprint density at radius 1 is 1.19 bits per heavy atom. The molecule has 0 radical (unpaired) electrons. The number of alkyl halides is 3. The van der Waals surface area contributed by atoms with E-state index in [1.165, 1.54) is 7.11 Å². The summed E-state index contributed by atoms with van der Waals surface area (Å²) in [6, 6.07) is 5.57. The van der Waals surface area contributed by atoms with Crippen molar-refractivity contribution in [2.45, 2.75) is 6.18 Å². The number of rotatable bonds is 4. The second kappa shape index (κ2) is 6.34. The molecule has 0 atom stereocenters. The lowest BCUT2D eigenvalue weighted by molar-refractivity contribution is -0.153. The zero-order valence-corrected chi connectivity index (χ0v) is 14.9. The van der Waals surface area contributed by atoms with Crippen molar-refractivity contribution in [2.24, 2.45) is 7.05 Å². The predicted octanol–water partition coefficient (Wildman–Crippen LogP) is 3.59. The van der Waals surface area contributed by atoms with Gasteiger partial charge in [0.15, 0.2) is 17.1 Å². The number of nitrogens with zero attached hydrogens (tertiary/aromatic N) is 5. The molecule has 4 aromatic rings. The summed E-state index contributed by atoms with van der Waals surface area (Å²) in [6.07, 6.45) is -2.58. The van der Waals surface area contributed by atoms with Gasteiger partial charge >= 0.3 is 6.18 Å². The Bertz CT molecular complexity index is 1140. The maximum Gasteiger partial charge on any atom is 0.422 e. The molecule has 0 aliphatic heterocycles. The smallest absolute Gasteiger partial charge is 0.422 e. The molecule has 0 spiro atoms. The molecule has 140 valence electrons. The number of hydrogen-bond donors (Lipinski definition) is 0. The number of halogens is 3. The second-order valence-corrected chi connectivity index (χ2v) is 6.61. The van der Waals surface area contributed by atoms with E-state index in [0.29, 0.717) is 10.5 Å². The highest BCUT2D eigenvalue weighted by Gasteiger charge is 2.29. The van der Waals surface area contributed by atoms with Crippen LogP contribution in [0.1, 0.15) is 0 Å².